The highest BCUT2D eigenvalue weighted by molar-refractivity contribution is 6.17. The lowest BCUT2D eigenvalue weighted by Crippen LogP contribution is -2.01. The lowest BCUT2D eigenvalue weighted by molar-refractivity contribution is 0.0597. The Morgan fingerprint density at radius 1 is 1.05 bits per heavy atom. The zero-order chi connectivity index (χ0) is 15.3. The second kappa shape index (κ2) is 4.49. The summed E-state index contributed by atoms with van der Waals surface area (Å²) >= 11 is 0. The minimum Gasteiger partial charge on any atom is -0.507 e. The number of methoxy groups -OCH3 is 1. The van der Waals surface area contributed by atoms with E-state index < -0.39 is 5.97 Å². The highest BCUT2D eigenvalue weighted by Crippen LogP contribution is 2.34. The summed E-state index contributed by atoms with van der Waals surface area (Å²) in [5.41, 5.74) is 2.16. The number of carbonyl (C=O) groups excluding carboxylic acids is 1. The number of phenolic OH excluding ortho intramolecular Hbond substituents is 1. The van der Waals surface area contributed by atoms with Crippen molar-refractivity contribution in [3.8, 4) is 5.75 Å². The Hall–Kier alpha value is -3.01. The van der Waals surface area contributed by atoms with E-state index in [9.17, 15) is 9.90 Å². The Labute approximate surface area is 125 Å². The number of fused-ring (bicyclic) bond motifs is 5. The number of carbonyl (C=O) groups is 1. The molecule has 0 amide bonds. The molecule has 4 rings (SSSR count). The molecule has 0 aliphatic rings. The Kier molecular flexibility index (Phi) is 2.60. The normalized spacial score (nSPS) is 11.3. The third kappa shape index (κ3) is 1.67. The number of benzene rings is 3. The Morgan fingerprint density at radius 2 is 1.86 bits per heavy atom. The third-order valence-electron chi connectivity index (χ3n) is 4.02. The van der Waals surface area contributed by atoms with Crippen LogP contribution in [-0.2, 0) is 4.74 Å². The quantitative estimate of drug-likeness (QED) is 0.522. The summed E-state index contributed by atoms with van der Waals surface area (Å²) in [6.07, 6.45) is 0. The fourth-order valence-electron chi connectivity index (χ4n) is 2.96. The number of H-pyrrole nitrogens is 1. The van der Waals surface area contributed by atoms with E-state index in [1.807, 2.05) is 30.3 Å². The first-order chi connectivity index (χ1) is 10.7. The van der Waals surface area contributed by atoms with Crippen molar-refractivity contribution in [1.29, 1.82) is 0 Å². The molecule has 4 heteroatoms. The Balaban J connectivity index is 2.12. The van der Waals surface area contributed by atoms with Crippen molar-refractivity contribution in [2.45, 2.75) is 0 Å². The van der Waals surface area contributed by atoms with Crippen LogP contribution in [0, 0.1) is 0 Å². The van der Waals surface area contributed by atoms with Gasteiger partial charge in [-0.05, 0) is 23.6 Å². The molecule has 4 nitrogen and oxygen atoms in total. The summed E-state index contributed by atoms with van der Waals surface area (Å²) in [5, 5.41) is 14.1. The maximum Gasteiger partial charge on any atom is 0.341 e. The van der Waals surface area contributed by atoms with Crippen LogP contribution in [-0.4, -0.2) is 23.2 Å². The molecule has 0 saturated heterocycles. The minimum atomic E-state index is -0.545. The lowest BCUT2D eigenvalue weighted by Gasteiger charge is -2.06. The molecule has 1 aromatic heterocycles. The molecule has 108 valence electrons. The van der Waals surface area contributed by atoms with Crippen molar-refractivity contribution in [2.75, 3.05) is 7.11 Å². The zero-order valence-corrected chi connectivity index (χ0v) is 11.9. The minimum absolute atomic E-state index is 0.0782. The Morgan fingerprint density at radius 3 is 2.68 bits per heavy atom. The molecule has 0 atom stereocenters. The van der Waals surface area contributed by atoms with E-state index in [2.05, 4.69) is 11.1 Å². The first-order valence-corrected chi connectivity index (χ1v) is 6.93. The molecule has 0 unspecified atom stereocenters. The number of hydrogen-bond acceptors (Lipinski definition) is 3. The van der Waals surface area contributed by atoms with Crippen molar-refractivity contribution in [3.63, 3.8) is 0 Å². The average Bonchev–Trinajstić information content (AvgIpc) is 2.92. The third-order valence-corrected chi connectivity index (χ3v) is 4.02. The molecule has 1 heterocycles. The Bertz CT molecular complexity index is 1050. The van der Waals surface area contributed by atoms with Gasteiger partial charge < -0.3 is 14.8 Å². The van der Waals surface area contributed by atoms with Gasteiger partial charge in [0.25, 0.3) is 0 Å². The fourth-order valence-corrected chi connectivity index (χ4v) is 2.96. The number of aromatic nitrogens is 1. The number of aromatic amines is 1. The summed E-state index contributed by atoms with van der Waals surface area (Å²) < 4.78 is 4.69. The van der Waals surface area contributed by atoms with Crippen molar-refractivity contribution >= 4 is 38.5 Å². The van der Waals surface area contributed by atoms with Crippen LogP contribution in [0.1, 0.15) is 10.4 Å². The summed E-state index contributed by atoms with van der Waals surface area (Å²) in [7, 11) is 1.30. The topological polar surface area (TPSA) is 62.3 Å². The van der Waals surface area contributed by atoms with E-state index in [1.165, 1.54) is 7.11 Å². The lowest BCUT2D eigenvalue weighted by atomic mass is 10.0. The number of hydrogen-bond donors (Lipinski definition) is 2. The van der Waals surface area contributed by atoms with E-state index in [0.717, 1.165) is 32.6 Å². The molecule has 0 saturated carbocycles. The smallest absolute Gasteiger partial charge is 0.341 e. The highest BCUT2D eigenvalue weighted by atomic mass is 16.5. The summed E-state index contributed by atoms with van der Waals surface area (Å²) in [5.74, 6) is -0.623. The van der Waals surface area contributed by atoms with Gasteiger partial charge in [-0.15, -0.1) is 0 Å². The van der Waals surface area contributed by atoms with Gasteiger partial charge in [-0.2, -0.15) is 0 Å². The number of esters is 1. The summed E-state index contributed by atoms with van der Waals surface area (Å²) in [6.45, 7) is 0. The second-order valence-electron chi connectivity index (χ2n) is 5.24. The molecule has 2 N–H and O–H groups in total. The van der Waals surface area contributed by atoms with Gasteiger partial charge in [0.05, 0.1) is 12.6 Å². The molecule has 4 aromatic rings. The standard InChI is InChI=1S/C18H13NO3/c1-22-18(21)14-8-10-6-7-12-11-4-2-3-5-15(11)19-17(12)13(10)9-16(14)20/h2-9,19-20H,1H3. The van der Waals surface area contributed by atoms with Gasteiger partial charge in [0.1, 0.15) is 11.3 Å². The zero-order valence-electron chi connectivity index (χ0n) is 11.9. The van der Waals surface area contributed by atoms with Crippen molar-refractivity contribution < 1.29 is 14.6 Å². The number of nitrogens with one attached hydrogen (secondary N) is 1. The summed E-state index contributed by atoms with van der Waals surface area (Å²) in [6, 6.07) is 15.3. The molecule has 0 spiro atoms. The molecule has 22 heavy (non-hydrogen) atoms. The highest BCUT2D eigenvalue weighted by Gasteiger charge is 2.15. The number of aromatic hydroxyl groups is 1. The molecule has 0 aliphatic carbocycles. The maximum atomic E-state index is 11.7. The molecule has 0 aliphatic heterocycles. The molecular weight excluding hydrogens is 278 g/mol. The number of phenols is 1. The number of rotatable bonds is 1. The second-order valence-corrected chi connectivity index (χ2v) is 5.24. The van der Waals surface area contributed by atoms with E-state index >= 15 is 0 Å². The van der Waals surface area contributed by atoms with E-state index in [0.29, 0.717) is 0 Å². The van der Waals surface area contributed by atoms with Gasteiger partial charge in [0.15, 0.2) is 0 Å². The molecular formula is C18H13NO3. The van der Waals surface area contributed by atoms with Gasteiger partial charge in [-0.3, -0.25) is 0 Å². The number of para-hydroxylation sites is 1. The maximum absolute atomic E-state index is 11.7. The fraction of sp³-hybridized carbons (Fsp3) is 0.0556. The van der Waals surface area contributed by atoms with Crippen LogP contribution in [0.15, 0.2) is 48.5 Å². The van der Waals surface area contributed by atoms with Gasteiger partial charge >= 0.3 is 5.97 Å². The molecule has 0 radical (unpaired) electrons. The molecule has 0 bridgehead atoms. The largest absolute Gasteiger partial charge is 0.507 e. The SMILES string of the molecule is COC(=O)c1cc2ccc3c4ccccc4[nH]c3c2cc1O. The van der Waals surface area contributed by atoms with E-state index in [4.69, 9.17) is 4.74 Å². The van der Waals surface area contributed by atoms with Gasteiger partial charge in [-0.1, -0.05) is 30.3 Å². The van der Waals surface area contributed by atoms with Gasteiger partial charge in [0.2, 0.25) is 0 Å². The first kappa shape index (κ1) is 12.7. The first-order valence-electron chi connectivity index (χ1n) is 6.93. The van der Waals surface area contributed by atoms with Crippen LogP contribution in [0.4, 0.5) is 0 Å². The average molecular weight is 291 g/mol. The van der Waals surface area contributed by atoms with Crippen LogP contribution < -0.4 is 0 Å². The van der Waals surface area contributed by atoms with E-state index in [-0.39, 0.29) is 11.3 Å². The van der Waals surface area contributed by atoms with E-state index in [1.54, 1.807) is 12.1 Å². The molecule has 0 fully saturated rings. The van der Waals surface area contributed by atoms with Crippen LogP contribution in [0.3, 0.4) is 0 Å². The van der Waals surface area contributed by atoms with Gasteiger partial charge in [-0.25, -0.2) is 4.79 Å². The predicted octanol–water partition coefficient (Wildman–Crippen LogP) is 3.97. The van der Waals surface area contributed by atoms with Gasteiger partial charge in [0, 0.05) is 21.7 Å². The summed E-state index contributed by atoms with van der Waals surface area (Å²) in [4.78, 5) is 15.1. The van der Waals surface area contributed by atoms with Crippen LogP contribution in [0.25, 0.3) is 32.6 Å². The number of ether oxygens (including phenoxy) is 1. The van der Waals surface area contributed by atoms with Crippen molar-refractivity contribution in [1.82, 2.24) is 4.98 Å². The predicted molar refractivity (Wildman–Crippen MR) is 86.3 cm³/mol. The van der Waals surface area contributed by atoms with Crippen molar-refractivity contribution in [3.05, 3.63) is 54.1 Å². The van der Waals surface area contributed by atoms with Crippen LogP contribution in [0.5, 0.6) is 5.75 Å². The van der Waals surface area contributed by atoms with Crippen LogP contribution in [0.2, 0.25) is 0 Å². The van der Waals surface area contributed by atoms with Crippen LogP contribution >= 0.6 is 0 Å². The molecule has 3 aromatic carbocycles. The van der Waals surface area contributed by atoms with Crippen molar-refractivity contribution in [2.24, 2.45) is 0 Å². The monoisotopic (exact) mass is 291 g/mol.